The molecule has 34 heavy (non-hydrogen) atoms. The van der Waals surface area contributed by atoms with Crippen molar-refractivity contribution < 1.29 is 14.4 Å². The third-order valence-corrected chi connectivity index (χ3v) is 7.02. The number of nitrogens with one attached hydrogen (secondary N) is 1. The van der Waals surface area contributed by atoms with Crippen molar-refractivity contribution in [2.75, 3.05) is 25.0 Å². The van der Waals surface area contributed by atoms with Gasteiger partial charge in [-0.2, -0.15) is 5.10 Å². The van der Waals surface area contributed by atoms with Crippen molar-refractivity contribution in [3.8, 4) is 0 Å². The fourth-order valence-corrected chi connectivity index (χ4v) is 4.94. The van der Waals surface area contributed by atoms with Gasteiger partial charge >= 0.3 is 0 Å². The number of benzene rings is 1. The molecule has 1 aromatic heterocycles. The molecule has 4 rings (SSSR count). The lowest BCUT2D eigenvalue weighted by atomic mass is 9.96. The van der Waals surface area contributed by atoms with E-state index in [1.54, 1.807) is 9.58 Å². The molecule has 0 saturated carbocycles. The number of nitrogens with zero attached hydrogens (tertiary/aromatic N) is 4. The first-order valence-corrected chi connectivity index (χ1v) is 12.4. The van der Waals surface area contributed by atoms with Crippen LogP contribution in [-0.4, -0.2) is 56.9 Å². The maximum absolute atomic E-state index is 13.5. The fraction of sp³-hybridized carbons (Fsp3) is 0.538. The summed E-state index contributed by atoms with van der Waals surface area (Å²) < 4.78 is 1.78. The molecule has 1 saturated heterocycles. The molecule has 0 radical (unpaired) electrons. The highest BCUT2D eigenvalue weighted by Gasteiger charge is 2.34. The van der Waals surface area contributed by atoms with Crippen LogP contribution in [0.4, 0.5) is 5.69 Å². The minimum Gasteiger partial charge on any atom is -0.338 e. The molecule has 3 amide bonds. The predicted octanol–water partition coefficient (Wildman–Crippen LogP) is 3.29. The van der Waals surface area contributed by atoms with E-state index in [1.807, 2.05) is 43.1 Å². The Labute approximate surface area is 201 Å². The van der Waals surface area contributed by atoms with E-state index in [1.165, 1.54) is 0 Å². The predicted molar refractivity (Wildman–Crippen MR) is 130 cm³/mol. The minimum atomic E-state index is -0.260. The van der Waals surface area contributed by atoms with Crippen LogP contribution in [0.1, 0.15) is 66.3 Å². The smallest absolute Gasteiger partial charge is 0.274 e. The molecule has 8 heteroatoms. The normalized spacial score (nSPS) is 17.9. The number of aromatic nitrogens is 2. The SMILES string of the molecule is CCCCC(=O)N1CCc2c(c(C(=O)N3CCCC(C(=O)Nc4ccccc4C)C3)nn2C)C1. The third kappa shape index (κ3) is 5.00. The van der Waals surface area contributed by atoms with Gasteiger partial charge in [-0.25, -0.2) is 0 Å². The van der Waals surface area contributed by atoms with Gasteiger partial charge in [0.15, 0.2) is 5.69 Å². The molecule has 1 atom stereocenters. The fourth-order valence-electron chi connectivity index (χ4n) is 4.94. The van der Waals surface area contributed by atoms with Crippen LogP contribution in [0.25, 0.3) is 0 Å². The molecule has 2 aromatic rings. The number of hydrogen-bond acceptors (Lipinski definition) is 4. The van der Waals surface area contributed by atoms with E-state index in [9.17, 15) is 14.4 Å². The second-order valence-electron chi connectivity index (χ2n) is 9.46. The van der Waals surface area contributed by atoms with Crippen LogP contribution < -0.4 is 5.32 Å². The quantitative estimate of drug-likeness (QED) is 0.709. The maximum Gasteiger partial charge on any atom is 0.274 e. The van der Waals surface area contributed by atoms with E-state index in [4.69, 9.17) is 0 Å². The van der Waals surface area contributed by atoms with Crippen molar-refractivity contribution in [1.82, 2.24) is 19.6 Å². The molecular weight excluding hydrogens is 430 g/mol. The van der Waals surface area contributed by atoms with Gasteiger partial charge in [-0.3, -0.25) is 19.1 Å². The Morgan fingerprint density at radius 3 is 2.71 bits per heavy atom. The summed E-state index contributed by atoms with van der Waals surface area (Å²) in [5, 5.41) is 7.59. The van der Waals surface area contributed by atoms with Gasteiger partial charge in [0, 0.05) is 63.0 Å². The van der Waals surface area contributed by atoms with Crippen LogP contribution in [0.3, 0.4) is 0 Å². The first-order valence-electron chi connectivity index (χ1n) is 12.4. The Bertz CT molecular complexity index is 1080. The van der Waals surface area contributed by atoms with Gasteiger partial charge in [0.05, 0.1) is 5.92 Å². The lowest BCUT2D eigenvalue weighted by Gasteiger charge is -2.32. The highest BCUT2D eigenvalue weighted by molar-refractivity contribution is 5.96. The Balaban J connectivity index is 1.46. The van der Waals surface area contributed by atoms with Gasteiger partial charge in [0.1, 0.15) is 0 Å². The Morgan fingerprint density at radius 1 is 1.15 bits per heavy atom. The number of para-hydroxylation sites is 1. The number of rotatable bonds is 6. The topological polar surface area (TPSA) is 87.5 Å². The Kier molecular flexibility index (Phi) is 7.34. The van der Waals surface area contributed by atoms with E-state index in [0.717, 1.165) is 48.2 Å². The van der Waals surface area contributed by atoms with Crippen molar-refractivity contribution in [1.29, 1.82) is 0 Å². The summed E-state index contributed by atoms with van der Waals surface area (Å²) in [6.07, 6.45) is 4.62. The van der Waals surface area contributed by atoms with Gasteiger partial charge < -0.3 is 15.1 Å². The highest BCUT2D eigenvalue weighted by atomic mass is 16.2. The summed E-state index contributed by atoms with van der Waals surface area (Å²) in [5.41, 5.74) is 4.12. The van der Waals surface area contributed by atoms with Gasteiger partial charge in [0.2, 0.25) is 11.8 Å². The molecule has 0 bridgehead atoms. The zero-order chi connectivity index (χ0) is 24.2. The van der Waals surface area contributed by atoms with Crippen LogP contribution in [0, 0.1) is 12.8 Å². The molecule has 0 aliphatic carbocycles. The summed E-state index contributed by atoms with van der Waals surface area (Å²) in [4.78, 5) is 42.7. The number of carbonyl (C=O) groups excluding carboxylic acids is 3. The molecular formula is C26H35N5O3. The van der Waals surface area contributed by atoms with E-state index in [2.05, 4.69) is 17.3 Å². The first-order chi connectivity index (χ1) is 16.4. The zero-order valence-corrected chi connectivity index (χ0v) is 20.5. The Hall–Kier alpha value is -3.16. The number of fused-ring (bicyclic) bond motifs is 1. The second kappa shape index (κ2) is 10.4. The summed E-state index contributed by atoms with van der Waals surface area (Å²) in [6.45, 7) is 6.11. The molecule has 2 aliphatic heterocycles. The molecule has 1 fully saturated rings. The summed E-state index contributed by atoms with van der Waals surface area (Å²) in [7, 11) is 1.86. The van der Waals surface area contributed by atoms with Gasteiger partial charge in [-0.15, -0.1) is 0 Å². The van der Waals surface area contributed by atoms with Crippen molar-refractivity contribution in [2.45, 2.75) is 58.9 Å². The number of piperidine rings is 1. The lowest BCUT2D eigenvalue weighted by molar-refractivity contribution is -0.132. The molecule has 1 aromatic carbocycles. The number of likely N-dealkylation sites (tertiary alicyclic amines) is 1. The summed E-state index contributed by atoms with van der Waals surface area (Å²) in [6, 6.07) is 7.71. The summed E-state index contributed by atoms with van der Waals surface area (Å²) >= 11 is 0. The first kappa shape index (κ1) is 24.0. The number of unbranched alkanes of at least 4 members (excludes halogenated alkanes) is 1. The van der Waals surface area contributed by atoms with Crippen molar-refractivity contribution in [2.24, 2.45) is 13.0 Å². The standard InChI is InChI=1S/C26H35N5O3/c1-4-5-12-23(32)30-15-13-22-20(17-30)24(28-29(22)3)26(34)31-14-8-10-19(16-31)25(33)27-21-11-7-6-9-18(21)2/h6-7,9,11,19H,4-5,8,10,12-17H2,1-3H3,(H,27,33). The van der Waals surface area contributed by atoms with E-state index in [0.29, 0.717) is 44.7 Å². The van der Waals surface area contributed by atoms with Crippen molar-refractivity contribution in [3.05, 3.63) is 46.8 Å². The van der Waals surface area contributed by atoms with Crippen molar-refractivity contribution in [3.63, 3.8) is 0 Å². The van der Waals surface area contributed by atoms with Crippen LogP contribution >= 0.6 is 0 Å². The molecule has 182 valence electrons. The average Bonchev–Trinajstić information content (AvgIpc) is 3.19. The Morgan fingerprint density at radius 2 is 1.94 bits per heavy atom. The lowest BCUT2D eigenvalue weighted by Crippen LogP contribution is -2.44. The molecule has 2 aliphatic rings. The number of anilines is 1. The number of aryl methyl sites for hydroxylation is 2. The molecule has 1 N–H and O–H groups in total. The van der Waals surface area contributed by atoms with Crippen LogP contribution in [-0.2, 0) is 29.6 Å². The van der Waals surface area contributed by atoms with E-state index in [-0.39, 0.29) is 23.6 Å². The van der Waals surface area contributed by atoms with Crippen molar-refractivity contribution >= 4 is 23.4 Å². The highest BCUT2D eigenvalue weighted by Crippen LogP contribution is 2.26. The van der Waals surface area contributed by atoms with Crippen LogP contribution in [0.2, 0.25) is 0 Å². The van der Waals surface area contributed by atoms with Gasteiger partial charge in [-0.05, 0) is 37.8 Å². The van der Waals surface area contributed by atoms with E-state index < -0.39 is 0 Å². The number of hydrogen-bond donors (Lipinski definition) is 1. The number of amides is 3. The number of carbonyl (C=O) groups is 3. The maximum atomic E-state index is 13.5. The molecule has 0 spiro atoms. The van der Waals surface area contributed by atoms with E-state index >= 15 is 0 Å². The summed E-state index contributed by atoms with van der Waals surface area (Å²) in [5.74, 6) is -0.319. The monoisotopic (exact) mass is 465 g/mol. The minimum absolute atomic E-state index is 0.0532. The average molecular weight is 466 g/mol. The third-order valence-electron chi connectivity index (χ3n) is 7.02. The molecule has 8 nitrogen and oxygen atoms in total. The van der Waals surface area contributed by atoms with Gasteiger partial charge in [-0.1, -0.05) is 31.5 Å². The van der Waals surface area contributed by atoms with Crippen LogP contribution in [0.15, 0.2) is 24.3 Å². The van der Waals surface area contributed by atoms with Crippen LogP contribution in [0.5, 0.6) is 0 Å². The largest absolute Gasteiger partial charge is 0.338 e. The second-order valence-corrected chi connectivity index (χ2v) is 9.46. The van der Waals surface area contributed by atoms with Gasteiger partial charge in [0.25, 0.3) is 5.91 Å². The zero-order valence-electron chi connectivity index (χ0n) is 20.5. The molecule has 3 heterocycles. The molecule has 1 unspecified atom stereocenters.